The van der Waals surface area contributed by atoms with Gasteiger partial charge in [0.05, 0.1) is 11.5 Å². The number of nitrogens with one attached hydrogen (secondary N) is 1. The summed E-state index contributed by atoms with van der Waals surface area (Å²) in [6, 6.07) is 10.6. The topological polar surface area (TPSA) is 35.8 Å². The van der Waals surface area contributed by atoms with Gasteiger partial charge in [0.1, 0.15) is 0 Å². The molecule has 0 bridgehead atoms. The second-order valence-corrected chi connectivity index (χ2v) is 6.12. The van der Waals surface area contributed by atoms with Gasteiger partial charge in [-0.15, -0.1) is 0 Å². The first-order valence-corrected chi connectivity index (χ1v) is 7.22. The van der Waals surface area contributed by atoms with Gasteiger partial charge in [-0.1, -0.05) is 30.2 Å². The van der Waals surface area contributed by atoms with Gasteiger partial charge in [0.15, 0.2) is 0 Å². The van der Waals surface area contributed by atoms with E-state index >= 15 is 0 Å². The maximum atomic E-state index is 8.94. The van der Waals surface area contributed by atoms with Crippen LogP contribution in [0.15, 0.2) is 24.3 Å². The quantitative estimate of drug-likeness (QED) is 0.733. The molecule has 2 nitrogen and oxygen atoms in total. The number of nitriles is 1. The molecule has 0 radical (unpaired) electrons. The minimum Gasteiger partial charge on any atom is -0.310 e. The van der Waals surface area contributed by atoms with E-state index in [1.165, 1.54) is 5.56 Å². The van der Waals surface area contributed by atoms with Crippen molar-refractivity contribution >= 4 is 11.6 Å². The van der Waals surface area contributed by atoms with Gasteiger partial charge in [-0.05, 0) is 57.9 Å². The normalized spacial score (nSPS) is 13.0. The number of halogens is 1. The van der Waals surface area contributed by atoms with E-state index in [9.17, 15) is 0 Å². The van der Waals surface area contributed by atoms with Crippen molar-refractivity contribution in [1.29, 1.82) is 5.26 Å². The van der Waals surface area contributed by atoms with Crippen molar-refractivity contribution in [2.45, 2.75) is 46.1 Å². The lowest BCUT2D eigenvalue weighted by atomic mass is 9.89. The third-order valence-electron chi connectivity index (χ3n) is 3.33. The van der Waals surface area contributed by atoms with E-state index in [-0.39, 0.29) is 5.41 Å². The average Bonchev–Trinajstić information content (AvgIpc) is 2.38. The maximum absolute atomic E-state index is 8.94. The molecule has 1 rings (SSSR count). The van der Waals surface area contributed by atoms with Gasteiger partial charge < -0.3 is 5.32 Å². The van der Waals surface area contributed by atoms with Crippen LogP contribution in [-0.4, -0.2) is 6.54 Å². The molecule has 0 aliphatic heterocycles. The number of benzene rings is 1. The Hall–Kier alpha value is -1.04. The van der Waals surface area contributed by atoms with Crippen LogP contribution in [0.1, 0.15) is 51.6 Å². The Morgan fingerprint density at radius 3 is 2.74 bits per heavy atom. The smallest absolute Gasteiger partial charge is 0.0683 e. The first-order chi connectivity index (χ1) is 8.94. The van der Waals surface area contributed by atoms with Crippen LogP contribution in [0.3, 0.4) is 0 Å². The Bertz CT molecular complexity index is 435. The molecule has 0 spiro atoms. The van der Waals surface area contributed by atoms with E-state index in [1.54, 1.807) is 0 Å². The second kappa shape index (κ2) is 7.53. The number of nitrogens with zero attached hydrogens (tertiary/aromatic N) is 1. The van der Waals surface area contributed by atoms with Gasteiger partial charge in [0.2, 0.25) is 0 Å². The summed E-state index contributed by atoms with van der Waals surface area (Å²) in [6.07, 6.45) is 3.13. The first-order valence-electron chi connectivity index (χ1n) is 6.85. The van der Waals surface area contributed by atoms with Gasteiger partial charge >= 0.3 is 0 Å². The summed E-state index contributed by atoms with van der Waals surface area (Å²) in [5.74, 6) is 0. The predicted octanol–water partition coefficient (Wildman–Crippen LogP) is 4.71. The lowest BCUT2D eigenvalue weighted by molar-refractivity contribution is 0.418. The minimum atomic E-state index is -0.196. The Labute approximate surface area is 121 Å². The number of rotatable bonds is 7. The van der Waals surface area contributed by atoms with Crippen molar-refractivity contribution in [3.63, 3.8) is 0 Å². The van der Waals surface area contributed by atoms with Gasteiger partial charge in [-0.25, -0.2) is 0 Å². The molecule has 0 fully saturated rings. The molecule has 1 unspecified atom stereocenters. The molecule has 0 amide bonds. The van der Waals surface area contributed by atoms with Crippen molar-refractivity contribution in [1.82, 2.24) is 5.32 Å². The predicted molar refractivity (Wildman–Crippen MR) is 81.1 cm³/mol. The molecule has 0 aromatic heterocycles. The van der Waals surface area contributed by atoms with E-state index < -0.39 is 0 Å². The van der Waals surface area contributed by atoms with E-state index in [2.05, 4.69) is 24.4 Å². The molecular weight excluding hydrogens is 256 g/mol. The first kappa shape index (κ1) is 16.0. The van der Waals surface area contributed by atoms with Crippen molar-refractivity contribution in [3.05, 3.63) is 34.9 Å². The summed E-state index contributed by atoms with van der Waals surface area (Å²) in [5, 5.41) is 13.2. The summed E-state index contributed by atoms with van der Waals surface area (Å²) in [5.41, 5.74) is 1.02. The van der Waals surface area contributed by atoms with Crippen molar-refractivity contribution in [2.24, 2.45) is 5.41 Å². The van der Waals surface area contributed by atoms with Crippen LogP contribution in [0.25, 0.3) is 0 Å². The summed E-state index contributed by atoms with van der Waals surface area (Å²) in [6.45, 7) is 7.10. The van der Waals surface area contributed by atoms with E-state index in [0.717, 1.165) is 30.8 Å². The summed E-state index contributed by atoms with van der Waals surface area (Å²) < 4.78 is 0. The fourth-order valence-electron chi connectivity index (χ4n) is 1.96. The number of unbranched alkanes of at least 4 members (excludes halogenated alkanes) is 1. The Kier molecular flexibility index (Phi) is 6.34. The van der Waals surface area contributed by atoms with Crippen LogP contribution in [0.2, 0.25) is 5.02 Å². The van der Waals surface area contributed by atoms with Crippen LogP contribution in [-0.2, 0) is 0 Å². The molecule has 0 heterocycles. The summed E-state index contributed by atoms with van der Waals surface area (Å²) in [4.78, 5) is 0. The molecule has 0 aliphatic carbocycles. The molecule has 1 aromatic carbocycles. The fraction of sp³-hybridized carbons (Fsp3) is 0.562. The highest BCUT2D eigenvalue weighted by Crippen LogP contribution is 2.21. The summed E-state index contributed by atoms with van der Waals surface area (Å²) in [7, 11) is 0. The largest absolute Gasteiger partial charge is 0.310 e. The molecule has 0 saturated heterocycles. The standard InChI is InChI=1S/C16H23ClN2/c1-13(14-7-6-8-15(17)11-14)19-10-5-4-9-16(2,3)12-18/h6-8,11,13,19H,4-5,9-10H2,1-3H3. The molecule has 1 N–H and O–H groups in total. The van der Waals surface area contributed by atoms with Crippen molar-refractivity contribution in [3.8, 4) is 6.07 Å². The molecule has 0 aliphatic rings. The molecule has 104 valence electrons. The number of hydrogen-bond donors (Lipinski definition) is 1. The van der Waals surface area contributed by atoms with Crippen LogP contribution in [0, 0.1) is 16.7 Å². The van der Waals surface area contributed by atoms with Gasteiger partial charge in [0, 0.05) is 11.1 Å². The molecule has 1 atom stereocenters. The minimum absolute atomic E-state index is 0.196. The van der Waals surface area contributed by atoms with Crippen LogP contribution in [0.5, 0.6) is 0 Å². The van der Waals surface area contributed by atoms with Crippen LogP contribution >= 0.6 is 11.6 Å². The summed E-state index contributed by atoms with van der Waals surface area (Å²) >= 11 is 5.98. The van der Waals surface area contributed by atoms with E-state index in [1.807, 2.05) is 32.0 Å². The lowest BCUT2D eigenvalue weighted by Gasteiger charge is -2.16. The zero-order chi connectivity index (χ0) is 14.3. The van der Waals surface area contributed by atoms with E-state index in [4.69, 9.17) is 16.9 Å². The van der Waals surface area contributed by atoms with Crippen molar-refractivity contribution < 1.29 is 0 Å². The molecule has 0 saturated carbocycles. The second-order valence-electron chi connectivity index (χ2n) is 5.68. The fourth-order valence-corrected chi connectivity index (χ4v) is 2.16. The van der Waals surface area contributed by atoms with Crippen LogP contribution < -0.4 is 5.32 Å². The molecule has 19 heavy (non-hydrogen) atoms. The molecule has 3 heteroatoms. The van der Waals surface area contributed by atoms with Gasteiger partial charge in [0.25, 0.3) is 0 Å². The van der Waals surface area contributed by atoms with Gasteiger partial charge in [-0.2, -0.15) is 5.26 Å². The third-order valence-corrected chi connectivity index (χ3v) is 3.57. The third kappa shape index (κ3) is 6.09. The Balaban J connectivity index is 2.25. The zero-order valence-corrected chi connectivity index (χ0v) is 12.8. The zero-order valence-electron chi connectivity index (χ0n) is 12.0. The highest BCUT2D eigenvalue weighted by atomic mass is 35.5. The van der Waals surface area contributed by atoms with Crippen LogP contribution in [0.4, 0.5) is 0 Å². The highest BCUT2D eigenvalue weighted by molar-refractivity contribution is 6.30. The Morgan fingerprint density at radius 1 is 1.37 bits per heavy atom. The number of hydrogen-bond acceptors (Lipinski definition) is 2. The highest BCUT2D eigenvalue weighted by Gasteiger charge is 2.15. The molecular formula is C16H23ClN2. The molecule has 1 aromatic rings. The Morgan fingerprint density at radius 2 is 2.11 bits per heavy atom. The monoisotopic (exact) mass is 278 g/mol. The van der Waals surface area contributed by atoms with Crippen molar-refractivity contribution in [2.75, 3.05) is 6.54 Å². The average molecular weight is 279 g/mol. The SMILES string of the molecule is CC(NCCCCC(C)(C)C#N)c1cccc(Cl)c1. The van der Waals surface area contributed by atoms with Gasteiger partial charge in [-0.3, -0.25) is 0 Å². The maximum Gasteiger partial charge on any atom is 0.0683 e. The lowest BCUT2D eigenvalue weighted by Crippen LogP contribution is -2.20. The van der Waals surface area contributed by atoms with E-state index in [0.29, 0.717) is 6.04 Å².